The number of hydrogen-bond acceptors (Lipinski definition) is 7. The molecule has 8 nitrogen and oxygen atoms in total. The molecule has 1 N–H and O–H groups in total. The maximum absolute atomic E-state index is 12.4. The second-order valence-electron chi connectivity index (χ2n) is 7.50. The molecule has 0 radical (unpaired) electrons. The van der Waals surface area contributed by atoms with Crippen molar-refractivity contribution in [2.75, 3.05) is 13.9 Å². The molecule has 0 spiro atoms. The molecule has 0 saturated heterocycles. The van der Waals surface area contributed by atoms with E-state index in [1.54, 1.807) is 24.3 Å². The summed E-state index contributed by atoms with van der Waals surface area (Å²) in [7, 11) is 1.52. The Morgan fingerprint density at radius 3 is 2.86 bits per heavy atom. The van der Waals surface area contributed by atoms with E-state index in [1.807, 2.05) is 30.3 Å². The summed E-state index contributed by atoms with van der Waals surface area (Å²) in [5, 5.41) is 5.14. The minimum Gasteiger partial charge on any atom is -0.493 e. The SMILES string of the molecule is COc1cc(/C=N/NC(=O)c2cc3cc(Br)ccc3o2)cc(Cl)c1OCc1ccc2c(c1)OCO2. The lowest BCUT2D eigenvalue weighted by Crippen LogP contribution is -2.16. The molecular formula is C25H18BrClN2O6. The van der Waals surface area contributed by atoms with Crippen molar-refractivity contribution in [3.8, 4) is 23.0 Å². The van der Waals surface area contributed by atoms with E-state index >= 15 is 0 Å². The van der Waals surface area contributed by atoms with Crippen LogP contribution in [-0.2, 0) is 6.61 Å². The summed E-state index contributed by atoms with van der Waals surface area (Å²) in [4.78, 5) is 12.4. The van der Waals surface area contributed by atoms with Crippen molar-refractivity contribution in [3.05, 3.63) is 81.0 Å². The molecule has 0 unspecified atom stereocenters. The Hall–Kier alpha value is -3.69. The first kappa shape index (κ1) is 23.1. The van der Waals surface area contributed by atoms with Crippen molar-refractivity contribution in [1.82, 2.24) is 5.43 Å². The number of carbonyl (C=O) groups excluding carboxylic acids is 1. The summed E-state index contributed by atoms with van der Waals surface area (Å²) in [5.74, 6) is 1.87. The van der Waals surface area contributed by atoms with Gasteiger partial charge < -0.3 is 23.4 Å². The number of halogens is 2. The van der Waals surface area contributed by atoms with E-state index in [2.05, 4.69) is 26.5 Å². The molecule has 3 aromatic carbocycles. The molecular weight excluding hydrogens is 540 g/mol. The quantitative estimate of drug-likeness (QED) is 0.224. The molecule has 4 aromatic rings. The molecule has 1 amide bonds. The van der Waals surface area contributed by atoms with Gasteiger partial charge in [-0.1, -0.05) is 33.6 Å². The highest BCUT2D eigenvalue weighted by atomic mass is 79.9. The van der Waals surface area contributed by atoms with Crippen LogP contribution in [0.2, 0.25) is 5.02 Å². The van der Waals surface area contributed by atoms with Gasteiger partial charge in [0.25, 0.3) is 0 Å². The zero-order chi connectivity index (χ0) is 24.4. The smallest absolute Gasteiger partial charge is 0.307 e. The number of fused-ring (bicyclic) bond motifs is 2. The van der Waals surface area contributed by atoms with Gasteiger partial charge in [0.15, 0.2) is 28.8 Å². The zero-order valence-electron chi connectivity index (χ0n) is 18.3. The Labute approximate surface area is 213 Å². The molecule has 0 aliphatic carbocycles. The van der Waals surface area contributed by atoms with Crippen molar-refractivity contribution >= 4 is 50.6 Å². The van der Waals surface area contributed by atoms with Crippen LogP contribution < -0.4 is 24.4 Å². The van der Waals surface area contributed by atoms with Crippen LogP contribution in [0.5, 0.6) is 23.0 Å². The minimum absolute atomic E-state index is 0.151. The van der Waals surface area contributed by atoms with Crippen LogP contribution in [0.1, 0.15) is 21.7 Å². The summed E-state index contributed by atoms with van der Waals surface area (Å²) in [5.41, 5.74) is 4.55. The molecule has 35 heavy (non-hydrogen) atoms. The fourth-order valence-corrected chi connectivity index (χ4v) is 4.14. The largest absolute Gasteiger partial charge is 0.493 e. The minimum atomic E-state index is -0.477. The van der Waals surface area contributed by atoms with Crippen LogP contribution in [0.4, 0.5) is 0 Å². The summed E-state index contributed by atoms with van der Waals surface area (Å²) in [6, 6.07) is 16.1. The third-order valence-electron chi connectivity index (χ3n) is 5.15. The molecule has 0 fully saturated rings. The second kappa shape index (κ2) is 9.89. The van der Waals surface area contributed by atoms with E-state index in [9.17, 15) is 4.79 Å². The Balaban J connectivity index is 1.26. The Bertz CT molecular complexity index is 1450. The lowest BCUT2D eigenvalue weighted by Gasteiger charge is -2.13. The molecule has 0 bridgehead atoms. The van der Waals surface area contributed by atoms with Gasteiger partial charge in [0.05, 0.1) is 18.3 Å². The maximum atomic E-state index is 12.4. The van der Waals surface area contributed by atoms with Crippen molar-refractivity contribution in [2.24, 2.45) is 5.10 Å². The van der Waals surface area contributed by atoms with Gasteiger partial charge in [-0.05, 0) is 59.7 Å². The third-order valence-corrected chi connectivity index (χ3v) is 5.93. The number of nitrogens with one attached hydrogen (secondary N) is 1. The van der Waals surface area contributed by atoms with Crippen molar-refractivity contribution in [1.29, 1.82) is 0 Å². The lowest BCUT2D eigenvalue weighted by atomic mass is 10.2. The zero-order valence-corrected chi connectivity index (χ0v) is 20.7. The van der Waals surface area contributed by atoms with E-state index in [0.717, 1.165) is 15.4 Å². The predicted octanol–water partition coefficient (Wildman–Crippen LogP) is 5.93. The van der Waals surface area contributed by atoms with Gasteiger partial charge in [-0.15, -0.1) is 0 Å². The van der Waals surface area contributed by atoms with Crippen molar-refractivity contribution < 1.29 is 28.2 Å². The van der Waals surface area contributed by atoms with Crippen molar-refractivity contribution in [3.63, 3.8) is 0 Å². The Morgan fingerprint density at radius 1 is 1.14 bits per heavy atom. The van der Waals surface area contributed by atoms with Gasteiger partial charge in [-0.3, -0.25) is 4.79 Å². The van der Waals surface area contributed by atoms with Crippen LogP contribution in [0.15, 0.2) is 68.6 Å². The number of rotatable bonds is 7. The number of ether oxygens (including phenoxy) is 4. The maximum Gasteiger partial charge on any atom is 0.307 e. The highest BCUT2D eigenvalue weighted by molar-refractivity contribution is 9.10. The monoisotopic (exact) mass is 556 g/mol. The fraction of sp³-hybridized carbons (Fsp3) is 0.120. The van der Waals surface area contributed by atoms with Gasteiger partial charge in [0, 0.05) is 9.86 Å². The van der Waals surface area contributed by atoms with Gasteiger partial charge >= 0.3 is 5.91 Å². The first-order valence-corrected chi connectivity index (χ1v) is 11.6. The van der Waals surface area contributed by atoms with E-state index in [-0.39, 0.29) is 19.2 Å². The van der Waals surface area contributed by atoms with Gasteiger partial charge in [-0.25, -0.2) is 5.43 Å². The van der Waals surface area contributed by atoms with Crippen LogP contribution >= 0.6 is 27.5 Å². The molecule has 1 aliphatic heterocycles. The van der Waals surface area contributed by atoms with Gasteiger partial charge in [-0.2, -0.15) is 5.10 Å². The van der Waals surface area contributed by atoms with Crippen LogP contribution in [0.25, 0.3) is 11.0 Å². The summed E-state index contributed by atoms with van der Waals surface area (Å²) < 4.78 is 28.5. The fourth-order valence-electron chi connectivity index (χ4n) is 3.49. The summed E-state index contributed by atoms with van der Waals surface area (Å²) >= 11 is 9.85. The molecule has 1 aliphatic rings. The number of carbonyl (C=O) groups is 1. The number of methoxy groups -OCH3 is 1. The van der Waals surface area contributed by atoms with Crippen LogP contribution in [0.3, 0.4) is 0 Å². The summed E-state index contributed by atoms with van der Waals surface area (Å²) in [6.07, 6.45) is 1.45. The van der Waals surface area contributed by atoms with E-state index in [1.165, 1.54) is 13.3 Å². The predicted molar refractivity (Wildman–Crippen MR) is 134 cm³/mol. The third kappa shape index (κ3) is 5.06. The van der Waals surface area contributed by atoms with Gasteiger partial charge in [0.2, 0.25) is 6.79 Å². The standard InChI is InChI=1S/C25H18BrClN2O6/c1-31-22-8-15(11-28-29-25(30)23-10-16-9-17(26)3-5-19(16)35-23)6-18(27)24(22)32-12-14-2-4-20-21(7-14)34-13-33-20/h2-11H,12-13H2,1H3,(H,29,30)/b28-11+. The number of hydrazone groups is 1. The number of benzene rings is 3. The average Bonchev–Trinajstić information content (AvgIpc) is 3.49. The number of hydrogen-bond donors (Lipinski definition) is 1. The molecule has 178 valence electrons. The molecule has 0 saturated carbocycles. The molecule has 2 heterocycles. The Kier molecular flexibility index (Phi) is 6.52. The van der Waals surface area contributed by atoms with E-state index < -0.39 is 5.91 Å². The molecule has 10 heteroatoms. The second-order valence-corrected chi connectivity index (χ2v) is 8.83. The average molecular weight is 558 g/mol. The Morgan fingerprint density at radius 2 is 2.00 bits per heavy atom. The topological polar surface area (TPSA) is 91.5 Å². The summed E-state index contributed by atoms with van der Waals surface area (Å²) in [6.45, 7) is 0.462. The highest BCUT2D eigenvalue weighted by Gasteiger charge is 2.16. The molecule has 0 atom stereocenters. The first-order valence-electron chi connectivity index (χ1n) is 10.4. The van der Waals surface area contributed by atoms with Crippen LogP contribution in [-0.4, -0.2) is 26.0 Å². The normalized spacial score (nSPS) is 12.3. The van der Waals surface area contributed by atoms with Crippen LogP contribution in [0, 0.1) is 0 Å². The highest BCUT2D eigenvalue weighted by Crippen LogP contribution is 2.38. The lowest BCUT2D eigenvalue weighted by molar-refractivity contribution is 0.0929. The molecule has 5 rings (SSSR count). The number of nitrogens with zero attached hydrogens (tertiary/aromatic N) is 1. The van der Waals surface area contributed by atoms with E-state index in [4.69, 9.17) is 35.0 Å². The first-order chi connectivity index (χ1) is 17.0. The van der Waals surface area contributed by atoms with E-state index in [0.29, 0.717) is 39.2 Å². The number of furan rings is 1. The van der Waals surface area contributed by atoms with Gasteiger partial charge in [0.1, 0.15) is 12.2 Å². The number of amides is 1. The van der Waals surface area contributed by atoms with Crippen molar-refractivity contribution in [2.45, 2.75) is 6.61 Å². The molecule has 1 aromatic heterocycles.